The van der Waals surface area contributed by atoms with E-state index in [1.165, 1.54) is 0 Å². The first-order valence-corrected chi connectivity index (χ1v) is 6.53. The highest BCUT2D eigenvalue weighted by atomic mass is 16.3. The standard InChI is InChI=1S/C14H21N3O2/c1-14(2)9-16-13(19)12(8-18)17(10-14)7-11-4-3-5-15-6-11/h3-6,12,18H,7-10H2,1-2H3,(H,16,19). The third-order valence-electron chi connectivity index (χ3n) is 3.40. The van der Waals surface area contributed by atoms with Gasteiger partial charge >= 0.3 is 0 Å². The monoisotopic (exact) mass is 263 g/mol. The zero-order valence-corrected chi connectivity index (χ0v) is 11.5. The van der Waals surface area contributed by atoms with Gasteiger partial charge in [-0.15, -0.1) is 0 Å². The average molecular weight is 263 g/mol. The highest BCUT2D eigenvalue weighted by Gasteiger charge is 2.34. The fourth-order valence-electron chi connectivity index (χ4n) is 2.42. The number of hydrogen-bond donors (Lipinski definition) is 2. The minimum Gasteiger partial charge on any atom is -0.394 e. The van der Waals surface area contributed by atoms with Crippen LogP contribution in [-0.4, -0.2) is 46.6 Å². The molecule has 0 aromatic carbocycles. The maximum atomic E-state index is 12.0. The molecular formula is C14H21N3O2. The van der Waals surface area contributed by atoms with Crippen molar-refractivity contribution in [3.63, 3.8) is 0 Å². The Labute approximate surface area is 113 Å². The Kier molecular flexibility index (Phi) is 4.17. The van der Waals surface area contributed by atoms with Gasteiger partial charge < -0.3 is 10.4 Å². The summed E-state index contributed by atoms with van der Waals surface area (Å²) in [4.78, 5) is 18.1. The molecule has 1 amide bonds. The average Bonchev–Trinajstić information content (AvgIpc) is 2.48. The lowest BCUT2D eigenvalue weighted by atomic mass is 9.93. The summed E-state index contributed by atoms with van der Waals surface area (Å²) in [5, 5.41) is 12.4. The Bertz CT molecular complexity index is 434. The van der Waals surface area contributed by atoms with Crippen molar-refractivity contribution in [2.45, 2.75) is 26.4 Å². The van der Waals surface area contributed by atoms with Crippen LogP contribution in [0.2, 0.25) is 0 Å². The zero-order valence-electron chi connectivity index (χ0n) is 11.5. The lowest BCUT2D eigenvalue weighted by molar-refractivity contribution is -0.127. The van der Waals surface area contributed by atoms with Gasteiger partial charge in [-0.1, -0.05) is 19.9 Å². The van der Waals surface area contributed by atoms with E-state index in [1.54, 1.807) is 12.4 Å². The summed E-state index contributed by atoms with van der Waals surface area (Å²) < 4.78 is 0. The van der Waals surface area contributed by atoms with Gasteiger partial charge in [0.2, 0.25) is 5.91 Å². The van der Waals surface area contributed by atoms with Crippen LogP contribution >= 0.6 is 0 Å². The van der Waals surface area contributed by atoms with E-state index in [2.05, 4.69) is 24.1 Å². The Balaban J connectivity index is 2.19. The number of pyridine rings is 1. The van der Waals surface area contributed by atoms with E-state index in [0.717, 1.165) is 12.1 Å². The fourth-order valence-corrected chi connectivity index (χ4v) is 2.42. The van der Waals surface area contributed by atoms with E-state index in [1.807, 2.05) is 17.0 Å². The predicted octanol–water partition coefficient (Wildman–Crippen LogP) is 0.400. The molecule has 2 N–H and O–H groups in total. The summed E-state index contributed by atoms with van der Waals surface area (Å²) in [6.45, 7) is 6.07. The molecule has 0 aliphatic carbocycles. The van der Waals surface area contributed by atoms with Crippen molar-refractivity contribution >= 4 is 5.91 Å². The van der Waals surface area contributed by atoms with Crippen molar-refractivity contribution in [1.82, 2.24) is 15.2 Å². The molecule has 1 fully saturated rings. The van der Waals surface area contributed by atoms with Gasteiger partial charge in [0, 0.05) is 32.0 Å². The second-order valence-corrected chi connectivity index (χ2v) is 5.85. The molecule has 2 heterocycles. The molecule has 1 unspecified atom stereocenters. The van der Waals surface area contributed by atoms with Gasteiger partial charge in [0.25, 0.3) is 0 Å². The largest absolute Gasteiger partial charge is 0.394 e. The molecule has 1 aromatic heterocycles. The highest BCUT2D eigenvalue weighted by Crippen LogP contribution is 2.22. The van der Waals surface area contributed by atoms with Gasteiger partial charge in [-0.2, -0.15) is 0 Å². The minimum atomic E-state index is -0.484. The van der Waals surface area contributed by atoms with E-state index in [9.17, 15) is 9.90 Å². The molecule has 104 valence electrons. The first kappa shape index (κ1) is 14.0. The van der Waals surface area contributed by atoms with E-state index < -0.39 is 6.04 Å². The number of carbonyl (C=O) groups is 1. The predicted molar refractivity (Wildman–Crippen MR) is 72.3 cm³/mol. The molecule has 19 heavy (non-hydrogen) atoms. The number of nitrogens with one attached hydrogen (secondary N) is 1. The molecule has 1 atom stereocenters. The van der Waals surface area contributed by atoms with Crippen LogP contribution in [0.1, 0.15) is 19.4 Å². The van der Waals surface area contributed by atoms with Crippen LogP contribution in [0.25, 0.3) is 0 Å². The second kappa shape index (κ2) is 5.67. The lowest BCUT2D eigenvalue weighted by Gasteiger charge is -2.31. The maximum absolute atomic E-state index is 12.0. The molecule has 0 spiro atoms. The van der Waals surface area contributed by atoms with Gasteiger partial charge in [-0.25, -0.2) is 0 Å². The summed E-state index contributed by atoms with van der Waals surface area (Å²) in [7, 11) is 0. The number of carbonyl (C=O) groups excluding carboxylic acids is 1. The Morgan fingerprint density at radius 3 is 3.00 bits per heavy atom. The molecule has 1 aliphatic rings. The Morgan fingerprint density at radius 1 is 1.58 bits per heavy atom. The highest BCUT2D eigenvalue weighted by molar-refractivity contribution is 5.82. The summed E-state index contributed by atoms with van der Waals surface area (Å²) in [5.74, 6) is -0.100. The van der Waals surface area contributed by atoms with E-state index >= 15 is 0 Å². The van der Waals surface area contributed by atoms with Gasteiger partial charge in [0.05, 0.1) is 6.61 Å². The van der Waals surface area contributed by atoms with Gasteiger partial charge in [-0.3, -0.25) is 14.7 Å². The summed E-state index contributed by atoms with van der Waals surface area (Å²) >= 11 is 0. The number of rotatable bonds is 3. The number of aromatic nitrogens is 1. The van der Waals surface area contributed by atoms with Crippen molar-refractivity contribution in [3.8, 4) is 0 Å². The van der Waals surface area contributed by atoms with Crippen LogP contribution in [0.15, 0.2) is 24.5 Å². The Morgan fingerprint density at radius 2 is 2.37 bits per heavy atom. The van der Waals surface area contributed by atoms with E-state index in [-0.39, 0.29) is 17.9 Å². The third-order valence-corrected chi connectivity index (χ3v) is 3.40. The van der Waals surface area contributed by atoms with E-state index in [4.69, 9.17) is 0 Å². The number of hydrogen-bond acceptors (Lipinski definition) is 4. The lowest BCUT2D eigenvalue weighted by Crippen LogP contribution is -2.46. The number of nitrogens with zero attached hydrogens (tertiary/aromatic N) is 2. The molecule has 5 nitrogen and oxygen atoms in total. The van der Waals surface area contributed by atoms with Crippen LogP contribution in [-0.2, 0) is 11.3 Å². The smallest absolute Gasteiger partial charge is 0.239 e. The molecule has 1 aliphatic heterocycles. The molecule has 2 rings (SSSR count). The summed E-state index contributed by atoms with van der Waals surface area (Å²) in [6, 6.07) is 3.38. The van der Waals surface area contributed by atoms with Crippen molar-refractivity contribution < 1.29 is 9.90 Å². The molecular weight excluding hydrogens is 242 g/mol. The maximum Gasteiger partial charge on any atom is 0.239 e. The van der Waals surface area contributed by atoms with Crippen molar-refractivity contribution in [2.75, 3.05) is 19.7 Å². The van der Waals surface area contributed by atoms with Crippen LogP contribution in [0.4, 0.5) is 0 Å². The number of aliphatic hydroxyl groups excluding tert-OH is 1. The van der Waals surface area contributed by atoms with Crippen LogP contribution in [0, 0.1) is 5.41 Å². The fraction of sp³-hybridized carbons (Fsp3) is 0.571. The number of amides is 1. The minimum absolute atomic E-state index is 0.0121. The molecule has 0 bridgehead atoms. The zero-order chi connectivity index (χ0) is 13.9. The van der Waals surface area contributed by atoms with Crippen LogP contribution in [0.3, 0.4) is 0 Å². The van der Waals surface area contributed by atoms with E-state index in [0.29, 0.717) is 13.1 Å². The Hall–Kier alpha value is -1.46. The summed E-state index contributed by atoms with van der Waals surface area (Å²) in [5.41, 5.74) is 1.04. The van der Waals surface area contributed by atoms with Crippen molar-refractivity contribution in [2.24, 2.45) is 5.41 Å². The normalized spacial score (nSPS) is 23.7. The summed E-state index contributed by atoms with van der Waals surface area (Å²) in [6.07, 6.45) is 3.52. The molecule has 0 saturated carbocycles. The first-order valence-electron chi connectivity index (χ1n) is 6.53. The van der Waals surface area contributed by atoms with Gasteiger partial charge in [-0.05, 0) is 17.0 Å². The SMILES string of the molecule is CC1(C)CNC(=O)C(CO)N(Cc2cccnc2)C1. The molecule has 5 heteroatoms. The van der Waals surface area contributed by atoms with Crippen molar-refractivity contribution in [1.29, 1.82) is 0 Å². The van der Waals surface area contributed by atoms with Gasteiger partial charge in [0.1, 0.15) is 6.04 Å². The molecule has 0 radical (unpaired) electrons. The third kappa shape index (κ3) is 3.52. The van der Waals surface area contributed by atoms with Crippen LogP contribution in [0.5, 0.6) is 0 Å². The topological polar surface area (TPSA) is 65.5 Å². The second-order valence-electron chi connectivity index (χ2n) is 5.85. The molecule has 1 aromatic rings. The number of aliphatic hydroxyl groups is 1. The molecule has 1 saturated heterocycles. The van der Waals surface area contributed by atoms with Crippen LogP contribution < -0.4 is 5.32 Å². The first-order chi connectivity index (χ1) is 9.02. The quantitative estimate of drug-likeness (QED) is 0.828. The van der Waals surface area contributed by atoms with Gasteiger partial charge in [0.15, 0.2) is 0 Å². The van der Waals surface area contributed by atoms with Crippen molar-refractivity contribution in [3.05, 3.63) is 30.1 Å².